The Morgan fingerprint density at radius 2 is 2.07 bits per heavy atom. The lowest BCUT2D eigenvalue weighted by atomic mass is 10.3. The largest absolute Gasteiger partial charge is 0.493 e. The Kier molecular flexibility index (Phi) is 5.01. The van der Waals surface area contributed by atoms with Gasteiger partial charge in [0.05, 0.1) is 12.9 Å². The summed E-state index contributed by atoms with van der Waals surface area (Å²) in [5, 5.41) is 0. The molecule has 15 heavy (non-hydrogen) atoms. The molecule has 0 heterocycles. The van der Waals surface area contributed by atoms with Crippen molar-refractivity contribution in [1.29, 1.82) is 0 Å². The van der Waals surface area contributed by atoms with Crippen LogP contribution in [0, 0.1) is 0 Å². The van der Waals surface area contributed by atoms with Crippen LogP contribution in [0.15, 0.2) is 42.7 Å². The molecule has 0 saturated carbocycles. The first-order chi connectivity index (χ1) is 7.29. The summed E-state index contributed by atoms with van der Waals surface area (Å²) in [6, 6.07) is 9.58. The van der Waals surface area contributed by atoms with Crippen molar-refractivity contribution in [3.63, 3.8) is 0 Å². The van der Waals surface area contributed by atoms with E-state index in [9.17, 15) is 4.79 Å². The minimum atomic E-state index is -0.310. The maximum absolute atomic E-state index is 10.4. The van der Waals surface area contributed by atoms with Crippen molar-refractivity contribution in [1.82, 2.24) is 0 Å². The molecule has 0 fully saturated rings. The van der Waals surface area contributed by atoms with E-state index in [0.29, 0.717) is 13.0 Å². The summed E-state index contributed by atoms with van der Waals surface area (Å²) in [6.07, 6.45) is 3.85. The third-order valence-corrected chi connectivity index (χ3v) is 1.63. The van der Waals surface area contributed by atoms with Gasteiger partial charge in [-0.3, -0.25) is 4.79 Å². The fourth-order valence-electron chi connectivity index (χ4n) is 0.974. The molecule has 80 valence electrons. The first kappa shape index (κ1) is 11.3. The van der Waals surface area contributed by atoms with Gasteiger partial charge >= 0.3 is 5.97 Å². The number of carbonyl (C=O) groups is 1. The molecular formula is C12H14O3. The minimum Gasteiger partial charge on any atom is -0.493 e. The van der Waals surface area contributed by atoms with Crippen LogP contribution in [-0.2, 0) is 9.53 Å². The molecule has 0 bridgehead atoms. The highest BCUT2D eigenvalue weighted by Gasteiger charge is 1.89. The number of hydrogen-bond donors (Lipinski definition) is 0. The maximum atomic E-state index is 10.4. The molecule has 1 aromatic carbocycles. The number of ether oxygens (including phenoxy) is 2. The lowest BCUT2D eigenvalue weighted by Crippen LogP contribution is -1.95. The van der Waals surface area contributed by atoms with E-state index in [1.54, 1.807) is 6.08 Å². The Bertz CT molecular complexity index is 317. The van der Waals surface area contributed by atoms with Crippen molar-refractivity contribution >= 4 is 5.97 Å². The predicted molar refractivity (Wildman–Crippen MR) is 57.5 cm³/mol. The molecule has 0 radical (unpaired) electrons. The summed E-state index contributed by atoms with van der Waals surface area (Å²) in [5.74, 6) is 0.536. The molecule has 0 spiro atoms. The highest BCUT2D eigenvalue weighted by molar-refractivity contribution is 5.66. The monoisotopic (exact) mass is 206 g/mol. The Labute approximate surface area is 89.3 Å². The van der Waals surface area contributed by atoms with Gasteiger partial charge in [-0.25, -0.2) is 0 Å². The number of carbonyl (C=O) groups excluding carboxylic acids is 1. The van der Waals surface area contributed by atoms with Crippen molar-refractivity contribution in [2.45, 2.75) is 13.3 Å². The molecule has 3 nitrogen and oxygen atoms in total. The lowest BCUT2D eigenvalue weighted by Gasteiger charge is -2.02. The van der Waals surface area contributed by atoms with E-state index in [1.165, 1.54) is 13.2 Å². The van der Waals surface area contributed by atoms with Gasteiger partial charge in [0.1, 0.15) is 5.75 Å². The van der Waals surface area contributed by atoms with Gasteiger partial charge in [0.2, 0.25) is 0 Å². The lowest BCUT2D eigenvalue weighted by molar-refractivity contribution is -0.135. The molecule has 0 unspecified atom stereocenters. The van der Waals surface area contributed by atoms with Crippen molar-refractivity contribution in [2.24, 2.45) is 0 Å². The Balaban J connectivity index is 2.12. The van der Waals surface area contributed by atoms with Crippen LogP contribution in [0.4, 0.5) is 0 Å². The maximum Gasteiger partial charge on any atom is 0.307 e. The molecule has 0 aliphatic rings. The highest BCUT2D eigenvalue weighted by Crippen LogP contribution is 2.08. The number of esters is 1. The van der Waals surface area contributed by atoms with Crippen molar-refractivity contribution in [3.8, 4) is 5.75 Å². The van der Waals surface area contributed by atoms with Crippen LogP contribution < -0.4 is 4.74 Å². The number of hydrogen-bond acceptors (Lipinski definition) is 3. The standard InChI is InChI=1S/C12H14O3/c1-11(13)14-9-5-6-10-15-12-7-3-2-4-8-12/h2-5,7-9H,6,10H2,1H3. The molecule has 0 aromatic heterocycles. The van der Waals surface area contributed by atoms with Gasteiger partial charge in [-0.1, -0.05) is 18.2 Å². The fraction of sp³-hybridized carbons (Fsp3) is 0.250. The van der Waals surface area contributed by atoms with Crippen molar-refractivity contribution in [2.75, 3.05) is 6.61 Å². The summed E-state index contributed by atoms with van der Waals surface area (Å²) < 4.78 is 10.0. The van der Waals surface area contributed by atoms with Gasteiger partial charge < -0.3 is 9.47 Å². The molecule has 1 rings (SSSR count). The zero-order valence-corrected chi connectivity index (χ0v) is 8.68. The summed E-state index contributed by atoms with van der Waals surface area (Å²) in [4.78, 5) is 10.4. The number of benzene rings is 1. The number of para-hydroxylation sites is 1. The quantitative estimate of drug-likeness (QED) is 0.422. The van der Waals surface area contributed by atoms with Crippen molar-refractivity contribution < 1.29 is 14.3 Å². The van der Waals surface area contributed by atoms with Gasteiger partial charge in [-0.05, 0) is 18.2 Å². The van der Waals surface area contributed by atoms with Crippen LogP contribution in [0.1, 0.15) is 13.3 Å². The molecule has 0 saturated heterocycles. The topological polar surface area (TPSA) is 35.5 Å². The van der Waals surface area contributed by atoms with Crippen LogP contribution in [0.2, 0.25) is 0 Å². The second kappa shape index (κ2) is 6.65. The Morgan fingerprint density at radius 3 is 2.73 bits per heavy atom. The Hall–Kier alpha value is -1.77. The molecule has 0 aliphatic heterocycles. The van der Waals surface area contributed by atoms with Crippen molar-refractivity contribution in [3.05, 3.63) is 42.7 Å². The normalized spacial score (nSPS) is 10.2. The highest BCUT2D eigenvalue weighted by atomic mass is 16.5. The van der Waals surface area contributed by atoms with E-state index in [4.69, 9.17) is 4.74 Å². The molecule has 1 aromatic rings. The van der Waals surface area contributed by atoms with E-state index in [-0.39, 0.29) is 5.97 Å². The smallest absolute Gasteiger partial charge is 0.307 e. The van der Waals surface area contributed by atoms with E-state index in [2.05, 4.69) is 4.74 Å². The molecule has 0 aliphatic carbocycles. The first-order valence-corrected chi connectivity index (χ1v) is 4.79. The van der Waals surface area contributed by atoms with Gasteiger partial charge in [0.15, 0.2) is 0 Å². The second-order valence-electron chi connectivity index (χ2n) is 2.93. The van der Waals surface area contributed by atoms with Crippen LogP contribution in [-0.4, -0.2) is 12.6 Å². The SMILES string of the molecule is CC(=O)OC=CCCOc1ccccc1. The van der Waals surface area contributed by atoms with E-state index in [1.807, 2.05) is 30.3 Å². The first-order valence-electron chi connectivity index (χ1n) is 4.79. The Morgan fingerprint density at radius 1 is 1.33 bits per heavy atom. The number of rotatable bonds is 5. The fourth-order valence-corrected chi connectivity index (χ4v) is 0.974. The molecular weight excluding hydrogens is 192 g/mol. The van der Waals surface area contributed by atoms with E-state index >= 15 is 0 Å². The average Bonchev–Trinajstić information content (AvgIpc) is 2.24. The predicted octanol–water partition coefficient (Wildman–Crippen LogP) is 2.53. The van der Waals surface area contributed by atoms with Gasteiger partial charge in [-0.15, -0.1) is 0 Å². The van der Waals surface area contributed by atoms with Crippen LogP contribution in [0.3, 0.4) is 0 Å². The summed E-state index contributed by atoms with van der Waals surface area (Å²) in [6.45, 7) is 1.94. The third-order valence-electron chi connectivity index (χ3n) is 1.63. The summed E-state index contributed by atoms with van der Waals surface area (Å²) >= 11 is 0. The van der Waals surface area contributed by atoms with E-state index in [0.717, 1.165) is 5.75 Å². The third kappa shape index (κ3) is 5.52. The molecule has 0 N–H and O–H groups in total. The van der Waals surface area contributed by atoms with Crippen LogP contribution >= 0.6 is 0 Å². The molecule has 0 amide bonds. The van der Waals surface area contributed by atoms with Gasteiger partial charge in [0, 0.05) is 13.3 Å². The van der Waals surface area contributed by atoms with Crippen LogP contribution in [0.25, 0.3) is 0 Å². The summed E-state index contributed by atoms with van der Waals surface area (Å²) in [7, 11) is 0. The zero-order chi connectivity index (χ0) is 10.9. The van der Waals surface area contributed by atoms with Gasteiger partial charge in [-0.2, -0.15) is 0 Å². The second-order valence-corrected chi connectivity index (χ2v) is 2.93. The molecule has 0 atom stereocenters. The van der Waals surface area contributed by atoms with E-state index < -0.39 is 0 Å². The molecule has 3 heteroatoms. The zero-order valence-electron chi connectivity index (χ0n) is 8.68. The van der Waals surface area contributed by atoms with Crippen LogP contribution in [0.5, 0.6) is 5.75 Å². The minimum absolute atomic E-state index is 0.310. The summed E-state index contributed by atoms with van der Waals surface area (Å²) in [5.41, 5.74) is 0. The van der Waals surface area contributed by atoms with Gasteiger partial charge in [0.25, 0.3) is 0 Å². The average molecular weight is 206 g/mol.